The van der Waals surface area contributed by atoms with Gasteiger partial charge in [-0.2, -0.15) is 0 Å². The maximum atomic E-state index is 13.4. The number of aromatic amines is 1. The van der Waals surface area contributed by atoms with Crippen LogP contribution >= 0.6 is 0 Å². The number of carbonyl (C=O) groups excluding carboxylic acids is 1. The smallest absolute Gasteiger partial charge is 0.255 e. The van der Waals surface area contributed by atoms with Crippen LogP contribution in [0.4, 0.5) is 14.7 Å². The summed E-state index contributed by atoms with van der Waals surface area (Å²) in [5.41, 5.74) is 1.71. The number of piperidine rings is 1. The van der Waals surface area contributed by atoms with Gasteiger partial charge in [0.25, 0.3) is 5.56 Å². The molecular weight excluding hydrogens is 444 g/mol. The Bertz CT molecular complexity index is 1060. The zero-order valence-corrected chi connectivity index (χ0v) is 19.4. The molecule has 4 rings (SSSR count). The number of carbonyl (C=O) groups is 1. The van der Waals surface area contributed by atoms with Gasteiger partial charge in [-0.1, -0.05) is 6.07 Å². The zero-order valence-electron chi connectivity index (χ0n) is 19.4. The van der Waals surface area contributed by atoms with E-state index in [0.29, 0.717) is 56.5 Å². The minimum atomic E-state index is -0.841. The molecule has 2 fully saturated rings. The van der Waals surface area contributed by atoms with E-state index in [1.807, 2.05) is 4.90 Å². The Morgan fingerprint density at radius 1 is 1.18 bits per heavy atom. The maximum absolute atomic E-state index is 13.4. The predicted octanol–water partition coefficient (Wildman–Crippen LogP) is 1.91. The zero-order chi connectivity index (χ0) is 24.1. The number of aryl methyl sites for hydroxylation is 1. The van der Waals surface area contributed by atoms with Crippen molar-refractivity contribution in [2.75, 3.05) is 44.3 Å². The molecule has 1 aromatic carbocycles. The molecule has 1 amide bonds. The summed E-state index contributed by atoms with van der Waals surface area (Å²) < 4.78 is 31.9. The Labute approximate surface area is 197 Å². The van der Waals surface area contributed by atoms with Crippen molar-refractivity contribution < 1.29 is 18.3 Å². The number of halogens is 2. The largest absolute Gasteiger partial charge is 0.378 e. The fourth-order valence-electron chi connectivity index (χ4n) is 4.48. The van der Waals surface area contributed by atoms with Gasteiger partial charge in [-0.05, 0) is 43.9 Å². The third-order valence-electron chi connectivity index (χ3n) is 6.47. The first-order valence-corrected chi connectivity index (χ1v) is 11.8. The number of ether oxygens (including phenoxy) is 1. The van der Waals surface area contributed by atoms with Gasteiger partial charge in [-0.3, -0.25) is 19.5 Å². The number of likely N-dealkylation sites (tertiary alicyclic amines) is 1. The first-order chi connectivity index (χ1) is 16.4. The van der Waals surface area contributed by atoms with E-state index in [-0.39, 0.29) is 23.9 Å². The highest BCUT2D eigenvalue weighted by Crippen LogP contribution is 2.16. The predicted molar refractivity (Wildman–Crippen MR) is 124 cm³/mol. The molecule has 184 valence electrons. The van der Waals surface area contributed by atoms with Gasteiger partial charge in [-0.15, -0.1) is 0 Å². The summed E-state index contributed by atoms with van der Waals surface area (Å²) in [7, 11) is 0. The average Bonchev–Trinajstić information content (AvgIpc) is 2.82. The number of rotatable bonds is 7. The Morgan fingerprint density at radius 3 is 2.59 bits per heavy atom. The molecule has 2 aliphatic rings. The highest BCUT2D eigenvalue weighted by Gasteiger charge is 2.22. The van der Waals surface area contributed by atoms with E-state index in [0.717, 1.165) is 37.6 Å². The van der Waals surface area contributed by atoms with Gasteiger partial charge in [0.15, 0.2) is 11.6 Å². The normalized spacial score (nSPS) is 17.7. The molecule has 3 heterocycles. The molecule has 1 aromatic heterocycles. The number of hydrogen-bond donors (Lipinski definition) is 2. The van der Waals surface area contributed by atoms with Gasteiger partial charge >= 0.3 is 0 Å². The summed E-state index contributed by atoms with van der Waals surface area (Å²) >= 11 is 0. The van der Waals surface area contributed by atoms with Crippen molar-refractivity contribution in [2.24, 2.45) is 0 Å². The van der Waals surface area contributed by atoms with Crippen molar-refractivity contribution in [3.8, 4) is 0 Å². The van der Waals surface area contributed by atoms with E-state index in [9.17, 15) is 18.4 Å². The molecule has 0 saturated carbocycles. The third kappa shape index (κ3) is 6.18. The van der Waals surface area contributed by atoms with Crippen LogP contribution in [0.5, 0.6) is 0 Å². The van der Waals surface area contributed by atoms with E-state index in [4.69, 9.17) is 4.74 Å². The fourth-order valence-corrected chi connectivity index (χ4v) is 4.48. The number of amides is 1. The van der Waals surface area contributed by atoms with Gasteiger partial charge in [-0.25, -0.2) is 13.8 Å². The van der Waals surface area contributed by atoms with Gasteiger partial charge in [0.2, 0.25) is 11.9 Å². The maximum Gasteiger partial charge on any atom is 0.255 e. The molecule has 2 saturated heterocycles. The average molecular weight is 476 g/mol. The molecule has 8 nitrogen and oxygen atoms in total. The molecule has 0 unspecified atom stereocenters. The van der Waals surface area contributed by atoms with Crippen LogP contribution in [0, 0.1) is 18.6 Å². The Balaban J connectivity index is 1.23. The minimum Gasteiger partial charge on any atom is -0.378 e. The molecule has 2 N–H and O–H groups in total. The van der Waals surface area contributed by atoms with Crippen LogP contribution in [0.15, 0.2) is 23.0 Å². The Hall–Kier alpha value is -2.85. The van der Waals surface area contributed by atoms with Crippen molar-refractivity contribution in [2.45, 2.75) is 45.2 Å². The molecule has 2 aromatic rings. The summed E-state index contributed by atoms with van der Waals surface area (Å²) in [6, 6.07) is 4.04. The topological polar surface area (TPSA) is 90.6 Å². The number of nitrogens with one attached hydrogen (secondary N) is 2. The van der Waals surface area contributed by atoms with Crippen molar-refractivity contribution in [1.29, 1.82) is 0 Å². The van der Waals surface area contributed by atoms with Gasteiger partial charge in [0.05, 0.1) is 13.2 Å². The van der Waals surface area contributed by atoms with Crippen molar-refractivity contribution in [3.05, 3.63) is 57.0 Å². The lowest BCUT2D eigenvalue weighted by molar-refractivity contribution is -0.122. The second-order valence-corrected chi connectivity index (χ2v) is 8.92. The number of morpholine rings is 1. The molecule has 0 bridgehead atoms. The third-order valence-corrected chi connectivity index (χ3v) is 6.47. The summed E-state index contributed by atoms with van der Waals surface area (Å²) in [4.78, 5) is 36.6. The second-order valence-electron chi connectivity index (χ2n) is 8.92. The van der Waals surface area contributed by atoms with Crippen molar-refractivity contribution >= 4 is 11.9 Å². The van der Waals surface area contributed by atoms with Crippen LogP contribution in [0.1, 0.15) is 36.1 Å². The van der Waals surface area contributed by atoms with E-state index in [1.54, 1.807) is 13.0 Å². The Kier molecular flexibility index (Phi) is 7.89. The first kappa shape index (κ1) is 24.3. The number of benzene rings is 1. The van der Waals surface area contributed by atoms with Gasteiger partial charge < -0.3 is 15.0 Å². The molecule has 2 aliphatic heterocycles. The van der Waals surface area contributed by atoms with Crippen molar-refractivity contribution in [1.82, 2.24) is 20.2 Å². The summed E-state index contributed by atoms with van der Waals surface area (Å²) in [6.45, 7) is 6.45. The first-order valence-electron chi connectivity index (χ1n) is 11.8. The lowest BCUT2D eigenvalue weighted by Crippen LogP contribution is -2.44. The quantitative estimate of drug-likeness (QED) is 0.636. The van der Waals surface area contributed by atoms with E-state index in [1.165, 1.54) is 6.07 Å². The second kappa shape index (κ2) is 11.1. The number of anilines is 1. The molecule has 34 heavy (non-hydrogen) atoms. The van der Waals surface area contributed by atoms with E-state index >= 15 is 0 Å². The van der Waals surface area contributed by atoms with E-state index in [2.05, 4.69) is 20.2 Å². The minimum absolute atomic E-state index is 0.0647. The molecule has 0 aliphatic carbocycles. The lowest BCUT2D eigenvalue weighted by atomic mass is 10.0. The monoisotopic (exact) mass is 475 g/mol. The highest BCUT2D eigenvalue weighted by molar-refractivity contribution is 5.76. The molecule has 0 atom stereocenters. The van der Waals surface area contributed by atoms with Crippen LogP contribution < -0.4 is 15.8 Å². The highest BCUT2D eigenvalue weighted by atomic mass is 19.2. The van der Waals surface area contributed by atoms with Crippen LogP contribution in [-0.2, 0) is 22.5 Å². The SMILES string of the molecule is Cc1nc(N2CCOCC2)[nH]c(=O)c1CCC(=O)NC1CCN(Cc2ccc(F)c(F)c2)CC1. The Morgan fingerprint density at radius 2 is 1.91 bits per heavy atom. The summed E-state index contributed by atoms with van der Waals surface area (Å²) in [5.74, 6) is -1.21. The van der Waals surface area contributed by atoms with Crippen molar-refractivity contribution in [3.63, 3.8) is 0 Å². The summed E-state index contributed by atoms with van der Waals surface area (Å²) in [6.07, 6.45) is 2.12. The number of hydrogen-bond acceptors (Lipinski definition) is 6. The van der Waals surface area contributed by atoms with Crippen LogP contribution in [0.2, 0.25) is 0 Å². The molecule has 0 radical (unpaired) electrons. The van der Waals surface area contributed by atoms with Crippen LogP contribution in [0.3, 0.4) is 0 Å². The standard InChI is InChI=1S/C24H31F2N5O3/c1-16-19(23(33)29-24(27-16)31-10-12-34-13-11-31)3-5-22(32)28-18-6-8-30(9-7-18)15-17-2-4-20(25)21(26)14-17/h2,4,14,18H,3,5-13,15H2,1H3,(H,28,32)(H,27,29,33). The van der Waals surface area contributed by atoms with Gasteiger partial charge in [0, 0.05) is 56.4 Å². The molecule has 10 heteroatoms. The van der Waals surface area contributed by atoms with E-state index < -0.39 is 11.6 Å². The number of nitrogens with zero attached hydrogens (tertiary/aromatic N) is 3. The lowest BCUT2D eigenvalue weighted by Gasteiger charge is -2.32. The van der Waals surface area contributed by atoms with Crippen LogP contribution in [-0.4, -0.2) is 66.2 Å². The van der Waals surface area contributed by atoms with Crippen LogP contribution in [0.25, 0.3) is 0 Å². The molecular formula is C24H31F2N5O3. The number of aromatic nitrogens is 2. The number of H-pyrrole nitrogens is 1. The fraction of sp³-hybridized carbons (Fsp3) is 0.542. The molecule has 0 spiro atoms. The van der Waals surface area contributed by atoms with Gasteiger partial charge in [0.1, 0.15) is 0 Å². The summed E-state index contributed by atoms with van der Waals surface area (Å²) in [5, 5.41) is 3.06.